The molecule has 0 radical (unpaired) electrons. The summed E-state index contributed by atoms with van der Waals surface area (Å²) in [7, 11) is 0. The van der Waals surface area contributed by atoms with E-state index < -0.39 is 18.1 Å². The molecule has 0 aliphatic heterocycles. The van der Waals surface area contributed by atoms with Crippen molar-refractivity contribution in [1.29, 1.82) is 0 Å². The third-order valence-electron chi connectivity index (χ3n) is 3.74. The third-order valence-corrected chi connectivity index (χ3v) is 3.74. The molecule has 2 aromatic rings. The molecule has 0 saturated heterocycles. The molecule has 6 N–H and O–H groups in total. The Bertz CT molecular complexity index is 686. The molecule has 6 heteroatoms. The number of aliphatic hydroxyl groups is 1. The molecule has 126 valence electrons. The van der Waals surface area contributed by atoms with Crippen LogP contribution in [0.15, 0.2) is 54.6 Å². The lowest BCUT2D eigenvalue weighted by atomic mass is 10.00. The smallest absolute Gasteiger partial charge is 0.251 e. The predicted molar refractivity (Wildman–Crippen MR) is 90.9 cm³/mol. The van der Waals surface area contributed by atoms with Gasteiger partial charge in [-0.1, -0.05) is 42.5 Å². The summed E-state index contributed by atoms with van der Waals surface area (Å²) in [5.74, 6) is -1.27. The highest BCUT2D eigenvalue weighted by molar-refractivity contribution is 5.95. The van der Waals surface area contributed by atoms with E-state index in [0.29, 0.717) is 12.1 Å². The largest absolute Gasteiger partial charge is 0.381 e. The van der Waals surface area contributed by atoms with Crippen molar-refractivity contribution in [3.63, 3.8) is 0 Å². The molecule has 2 unspecified atom stereocenters. The monoisotopic (exact) mass is 327 g/mol. The van der Waals surface area contributed by atoms with E-state index in [1.165, 1.54) is 0 Å². The van der Waals surface area contributed by atoms with Gasteiger partial charge in [-0.25, -0.2) is 0 Å². The normalized spacial score (nSPS) is 13.1. The van der Waals surface area contributed by atoms with Crippen LogP contribution in [0.4, 0.5) is 0 Å². The van der Waals surface area contributed by atoms with E-state index in [-0.39, 0.29) is 12.3 Å². The van der Waals surface area contributed by atoms with Crippen molar-refractivity contribution in [2.45, 2.75) is 25.1 Å². The molecule has 0 aromatic heterocycles. The molecule has 0 saturated carbocycles. The zero-order chi connectivity index (χ0) is 17.5. The van der Waals surface area contributed by atoms with Crippen LogP contribution >= 0.6 is 0 Å². The molecule has 0 bridgehead atoms. The second-order valence-electron chi connectivity index (χ2n) is 5.52. The zero-order valence-corrected chi connectivity index (χ0v) is 13.2. The fraction of sp³-hybridized carbons (Fsp3) is 0.222. The maximum atomic E-state index is 12.4. The fourth-order valence-electron chi connectivity index (χ4n) is 2.35. The lowest BCUT2D eigenvalue weighted by Gasteiger charge is -2.22. The Balaban J connectivity index is 2.14. The molecule has 0 aliphatic rings. The Kier molecular flexibility index (Phi) is 6.06. The Hall–Kier alpha value is -2.70. The second kappa shape index (κ2) is 8.24. The minimum atomic E-state index is -1.47. The summed E-state index contributed by atoms with van der Waals surface area (Å²) in [5.41, 5.74) is 12.9. The molecule has 2 amide bonds. The van der Waals surface area contributed by atoms with Crippen molar-refractivity contribution in [2.75, 3.05) is 0 Å². The number of amides is 2. The van der Waals surface area contributed by atoms with Crippen molar-refractivity contribution in [3.05, 3.63) is 71.3 Å². The molecular formula is C18H21N3O3. The Labute approximate surface area is 140 Å². The summed E-state index contributed by atoms with van der Waals surface area (Å²) in [6, 6.07) is 15.2. The van der Waals surface area contributed by atoms with Gasteiger partial charge < -0.3 is 21.9 Å². The number of carbonyl (C=O) groups excluding carboxylic acids is 2. The van der Waals surface area contributed by atoms with Gasteiger partial charge in [-0.15, -0.1) is 0 Å². The van der Waals surface area contributed by atoms with Crippen LogP contribution < -0.4 is 16.8 Å². The summed E-state index contributed by atoms with van der Waals surface area (Å²) in [4.78, 5) is 23.7. The number of rotatable bonds is 7. The number of hydrogen-bond donors (Lipinski definition) is 4. The van der Waals surface area contributed by atoms with Crippen LogP contribution in [0.1, 0.15) is 21.5 Å². The van der Waals surface area contributed by atoms with E-state index in [1.54, 1.807) is 24.3 Å². The third kappa shape index (κ3) is 4.65. The average Bonchev–Trinajstić information content (AvgIpc) is 2.61. The number of nitrogens with two attached hydrogens (primary N) is 2. The number of primary amides is 1. The lowest BCUT2D eigenvalue weighted by molar-refractivity contribution is -0.127. The molecule has 0 spiro atoms. The first kappa shape index (κ1) is 17.7. The van der Waals surface area contributed by atoms with Crippen LogP contribution in [-0.2, 0) is 17.8 Å². The summed E-state index contributed by atoms with van der Waals surface area (Å²) in [6.07, 6.45) is -1.19. The highest BCUT2D eigenvalue weighted by atomic mass is 16.3. The Morgan fingerprint density at radius 3 is 2.17 bits per heavy atom. The molecule has 0 heterocycles. The van der Waals surface area contributed by atoms with Gasteiger partial charge in [0.15, 0.2) is 6.10 Å². The Morgan fingerprint density at radius 1 is 1.00 bits per heavy atom. The van der Waals surface area contributed by atoms with Gasteiger partial charge in [-0.2, -0.15) is 0 Å². The maximum absolute atomic E-state index is 12.4. The molecule has 24 heavy (non-hydrogen) atoms. The van der Waals surface area contributed by atoms with E-state index in [1.807, 2.05) is 30.3 Å². The van der Waals surface area contributed by atoms with E-state index >= 15 is 0 Å². The molecule has 2 atom stereocenters. The highest BCUT2D eigenvalue weighted by Crippen LogP contribution is 2.09. The van der Waals surface area contributed by atoms with Gasteiger partial charge >= 0.3 is 0 Å². The summed E-state index contributed by atoms with van der Waals surface area (Å²) < 4.78 is 0. The quantitative estimate of drug-likeness (QED) is 0.586. The van der Waals surface area contributed by atoms with Gasteiger partial charge in [0.25, 0.3) is 5.91 Å². The first-order valence-corrected chi connectivity index (χ1v) is 7.62. The number of benzene rings is 2. The summed E-state index contributed by atoms with van der Waals surface area (Å²) in [6.45, 7) is 0.388. The van der Waals surface area contributed by atoms with E-state index in [4.69, 9.17) is 11.5 Å². The molecule has 2 rings (SSSR count). The molecule has 2 aromatic carbocycles. The SMILES string of the molecule is NCc1ccc(C(=O)NC(Cc2ccccc2)C(O)C(N)=O)cc1. The van der Waals surface area contributed by atoms with Gasteiger partial charge in [0, 0.05) is 12.1 Å². The number of aliphatic hydroxyl groups excluding tert-OH is 1. The second-order valence-corrected chi connectivity index (χ2v) is 5.52. The standard InChI is InChI=1S/C18H21N3O3/c19-11-13-6-8-14(9-7-13)18(24)21-15(16(22)17(20)23)10-12-4-2-1-3-5-12/h1-9,15-16,22H,10-11,19H2,(H2,20,23)(H,21,24). The molecule has 0 fully saturated rings. The van der Waals surface area contributed by atoms with Gasteiger partial charge in [0.05, 0.1) is 6.04 Å². The van der Waals surface area contributed by atoms with Gasteiger partial charge in [-0.3, -0.25) is 9.59 Å². The van der Waals surface area contributed by atoms with Crippen LogP contribution in [0.2, 0.25) is 0 Å². The average molecular weight is 327 g/mol. The molecular weight excluding hydrogens is 306 g/mol. The van der Waals surface area contributed by atoms with E-state index in [9.17, 15) is 14.7 Å². The number of hydrogen-bond acceptors (Lipinski definition) is 4. The van der Waals surface area contributed by atoms with Crippen LogP contribution in [0.3, 0.4) is 0 Å². The maximum Gasteiger partial charge on any atom is 0.251 e. The number of nitrogens with one attached hydrogen (secondary N) is 1. The van der Waals surface area contributed by atoms with Gasteiger partial charge in [0.2, 0.25) is 5.91 Å². The van der Waals surface area contributed by atoms with Crippen LogP contribution in [0, 0.1) is 0 Å². The predicted octanol–water partition coefficient (Wildman–Crippen LogP) is 0.333. The molecule has 6 nitrogen and oxygen atoms in total. The lowest BCUT2D eigenvalue weighted by Crippen LogP contribution is -2.50. The van der Waals surface area contributed by atoms with Gasteiger partial charge in [-0.05, 0) is 29.7 Å². The van der Waals surface area contributed by atoms with Crippen molar-refractivity contribution in [1.82, 2.24) is 5.32 Å². The minimum Gasteiger partial charge on any atom is -0.381 e. The Morgan fingerprint density at radius 2 is 1.62 bits per heavy atom. The summed E-state index contributed by atoms with van der Waals surface area (Å²) >= 11 is 0. The van der Waals surface area contributed by atoms with Crippen molar-refractivity contribution < 1.29 is 14.7 Å². The van der Waals surface area contributed by atoms with Crippen molar-refractivity contribution in [2.24, 2.45) is 11.5 Å². The first-order chi connectivity index (χ1) is 11.5. The zero-order valence-electron chi connectivity index (χ0n) is 13.2. The first-order valence-electron chi connectivity index (χ1n) is 7.62. The fourth-order valence-corrected chi connectivity index (χ4v) is 2.35. The van der Waals surface area contributed by atoms with Crippen LogP contribution in [0.5, 0.6) is 0 Å². The minimum absolute atomic E-state index is 0.289. The number of carbonyl (C=O) groups is 2. The van der Waals surface area contributed by atoms with Crippen molar-refractivity contribution in [3.8, 4) is 0 Å². The van der Waals surface area contributed by atoms with Gasteiger partial charge in [0.1, 0.15) is 0 Å². The van der Waals surface area contributed by atoms with Crippen LogP contribution in [0.25, 0.3) is 0 Å². The van der Waals surface area contributed by atoms with E-state index in [0.717, 1.165) is 11.1 Å². The topological polar surface area (TPSA) is 118 Å². The highest BCUT2D eigenvalue weighted by Gasteiger charge is 2.26. The van der Waals surface area contributed by atoms with Crippen LogP contribution in [-0.4, -0.2) is 29.1 Å². The summed E-state index contributed by atoms with van der Waals surface area (Å²) in [5, 5.41) is 12.7. The molecule has 0 aliphatic carbocycles. The van der Waals surface area contributed by atoms with E-state index in [2.05, 4.69) is 5.32 Å². The van der Waals surface area contributed by atoms with Crippen molar-refractivity contribution >= 4 is 11.8 Å².